The zero-order valence-corrected chi connectivity index (χ0v) is 18.9. The lowest BCUT2D eigenvalue weighted by atomic mass is 10.1. The van der Waals surface area contributed by atoms with Crippen molar-refractivity contribution in [3.05, 3.63) is 103 Å². The number of hydrogen-bond acceptors (Lipinski definition) is 5. The number of aryl methyl sites for hydroxylation is 1. The first-order valence-corrected chi connectivity index (χ1v) is 11.4. The van der Waals surface area contributed by atoms with Gasteiger partial charge in [-0.3, -0.25) is 18.7 Å². The van der Waals surface area contributed by atoms with Gasteiger partial charge in [0.15, 0.2) is 16.3 Å². The monoisotopic (exact) mass is 459 g/mol. The molecule has 0 radical (unpaired) electrons. The molecule has 0 amide bonds. The lowest BCUT2D eigenvalue weighted by molar-refractivity contribution is 0.696. The first kappa shape index (κ1) is 21.0. The van der Waals surface area contributed by atoms with Crippen LogP contribution < -0.4 is 16.8 Å². The molecule has 5 rings (SSSR count). The minimum atomic E-state index is -0.422. The number of thioether (sulfide) groups is 1. The number of hydrogen-bond donors (Lipinski definition) is 1. The lowest BCUT2D eigenvalue weighted by Crippen LogP contribution is -2.37. The molecule has 3 heterocycles. The molecule has 0 spiro atoms. The molecule has 0 fully saturated rings. The van der Waals surface area contributed by atoms with Crippen molar-refractivity contribution in [3.63, 3.8) is 0 Å². The topological polar surface area (TPSA) is 94.7 Å². The van der Waals surface area contributed by atoms with Crippen molar-refractivity contribution in [3.8, 4) is 0 Å². The maximum absolute atomic E-state index is 13.1. The second kappa shape index (κ2) is 8.25. The number of fused-ring (bicyclic) bond motifs is 2. The van der Waals surface area contributed by atoms with E-state index in [2.05, 4.69) is 9.97 Å². The number of aromatic amines is 1. The van der Waals surface area contributed by atoms with E-state index >= 15 is 0 Å². The smallest absolute Gasteiger partial charge is 0.322 e. The fraction of sp³-hybridized carbons (Fsp3) is 0.167. The summed E-state index contributed by atoms with van der Waals surface area (Å²) >= 11 is 1.43. The van der Waals surface area contributed by atoms with Crippen LogP contribution in [0.1, 0.15) is 11.1 Å². The molecule has 166 valence electrons. The normalized spacial score (nSPS) is 11.5. The van der Waals surface area contributed by atoms with E-state index in [0.29, 0.717) is 28.6 Å². The van der Waals surface area contributed by atoms with E-state index < -0.39 is 5.69 Å². The van der Waals surface area contributed by atoms with Crippen LogP contribution in [0.15, 0.2) is 80.2 Å². The van der Waals surface area contributed by atoms with Crippen LogP contribution in [0, 0.1) is 0 Å². The van der Waals surface area contributed by atoms with Crippen molar-refractivity contribution in [2.45, 2.75) is 17.5 Å². The summed E-state index contributed by atoms with van der Waals surface area (Å²) in [6.07, 6.45) is 0. The average Bonchev–Trinajstić information content (AvgIpc) is 3.18. The second-order valence-electron chi connectivity index (χ2n) is 7.84. The van der Waals surface area contributed by atoms with E-state index in [1.807, 2.05) is 59.2 Å². The summed E-state index contributed by atoms with van der Waals surface area (Å²) in [5.41, 5.74) is 2.40. The van der Waals surface area contributed by atoms with Crippen molar-refractivity contribution in [1.82, 2.24) is 23.7 Å². The van der Waals surface area contributed by atoms with Crippen LogP contribution in [-0.2, 0) is 26.4 Å². The van der Waals surface area contributed by atoms with Crippen LogP contribution in [0.4, 0.5) is 0 Å². The first-order chi connectivity index (χ1) is 15.9. The standard InChI is InChI=1S/C24H21N5O3S/c1-27-21-20(22(31)28(2)24(27)32)29(13-15-8-4-3-5-9-15)23(26-21)33-14-16-12-19(30)25-18-11-7-6-10-17(16)18/h3-12H,13-14H2,1-2H3,(H,25,30). The Bertz CT molecular complexity index is 1680. The summed E-state index contributed by atoms with van der Waals surface area (Å²) in [6.45, 7) is 0.434. The SMILES string of the molecule is Cn1c(=O)c2c(nc(SCc3cc(=O)[nH]c4ccccc34)n2Cc2ccccc2)n(C)c1=O. The largest absolute Gasteiger partial charge is 0.332 e. The highest BCUT2D eigenvalue weighted by atomic mass is 32.2. The molecule has 0 aliphatic rings. The van der Waals surface area contributed by atoms with E-state index in [0.717, 1.165) is 26.6 Å². The lowest BCUT2D eigenvalue weighted by Gasteiger charge is -2.10. The maximum Gasteiger partial charge on any atom is 0.332 e. The van der Waals surface area contributed by atoms with E-state index in [1.165, 1.54) is 23.4 Å². The molecule has 0 unspecified atom stereocenters. The molecule has 33 heavy (non-hydrogen) atoms. The van der Waals surface area contributed by atoms with Gasteiger partial charge in [0.2, 0.25) is 5.56 Å². The van der Waals surface area contributed by atoms with E-state index in [-0.39, 0.29) is 11.1 Å². The molecule has 0 aliphatic carbocycles. The first-order valence-electron chi connectivity index (χ1n) is 10.4. The van der Waals surface area contributed by atoms with Gasteiger partial charge in [-0.15, -0.1) is 0 Å². The molecule has 0 saturated carbocycles. The Morgan fingerprint density at radius 1 is 0.939 bits per heavy atom. The Labute approximate surface area is 192 Å². The van der Waals surface area contributed by atoms with Crippen molar-refractivity contribution < 1.29 is 0 Å². The third-order valence-corrected chi connectivity index (χ3v) is 6.71. The minimum absolute atomic E-state index is 0.168. The highest BCUT2D eigenvalue weighted by Gasteiger charge is 2.20. The number of H-pyrrole nitrogens is 1. The van der Waals surface area contributed by atoms with Gasteiger partial charge in [-0.2, -0.15) is 0 Å². The van der Waals surface area contributed by atoms with E-state index in [1.54, 1.807) is 13.1 Å². The summed E-state index contributed by atoms with van der Waals surface area (Å²) in [5, 5.41) is 1.56. The predicted octanol–water partition coefficient (Wildman–Crippen LogP) is 2.62. The van der Waals surface area contributed by atoms with Crippen LogP contribution in [-0.4, -0.2) is 23.7 Å². The Kier molecular flexibility index (Phi) is 5.26. The summed E-state index contributed by atoms with van der Waals surface area (Å²) in [6, 6.07) is 19.0. The number of pyridine rings is 1. The number of rotatable bonds is 5. The van der Waals surface area contributed by atoms with Crippen LogP contribution in [0.5, 0.6) is 0 Å². The molecule has 1 N–H and O–H groups in total. The van der Waals surface area contributed by atoms with Crippen molar-refractivity contribution in [1.29, 1.82) is 0 Å². The third kappa shape index (κ3) is 3.70. The Morgan fingerprint density at radius 3 is 2.45 bits per heavy atom. The number of nitrogens with one attached hydrogen (secondary N) is 1. The summed E-state index contributed by atoms with van der Waals surface area (Å²) in [4.78, 5) is 45.2. The molecule has 8 nitrogen and oxygen atoms in total. The summed E-state index contributed by atoms with van der Waals surface area (Å²) in [7, 11) is 3.09. The quantitative estimate of drug-likeness (QED) is 0.408. The van der Waals surface area contributed by atoms with Gasteiger partial charge in [-0.05, 0) is 17.2 Å². The molecular weight excluding hydrogens is 438 g/mol. The maximum atomic E-state index is 13.1. The molecule has 2 aromatic carbocycles. The van der Waals surface area contributed by atoms with Crippen molar-refractivity contribution >= 4 is 33.8 Å². The average molecular weight is 460 g/mol. The van der Waals surface area contributed by atoms with Crippen LogP contribution in [0.3, 0.4) is 0 Å². The van der Waals surface area contributed by atoms with Gasteiger partial charge in [0.05, 0.1) is 6.54 Å². The Balaban J connectivity index is 1.65. The number of aromatic nitrogens is 5. The predicted molar refractivity (Wildman–Crippen MR) is 130 cm³/mol. The highest BCUT2D eigenvalue weighted by molar-refractivity contribution is 7.98. The summed E-state index contributed by atoms with van der Waals surface area (Å²) in [5.74, 6) is 0.483. The summed E-state index contributed by atoms with van der Waals surface area (Å²) < 4.78 is 4.35. The second-order valence-corrected chi connectivity index (χ2v) is 8.78. The van der Waals surface area contributed by atoms with Crippen LogP contribution in [0.2, 0.25) is 0 Å². The van der Waals surface area contributed by atoms with Gasteiger partial charge in [-0.1, -0.05) is 60.3 Å². The van der Waals surface area contributed by atoms with Gasteiger partial charge in [-0.25, -0.2) is 9.78 Å². The highest BCUT2D eigenvalue weighted by Crippen LogP contribution is 2.28. The number of nitrogens with zero attached hydrogens (tertiary/aromatic N) is 4. The van der Waals surface area contributed by atoms with Crippen molar-refractivity contribution in [2.24, 2.45) is 14.1 Å². The fourth-order valence-electron chi connectivity index (χ4n) is 3.99. The zero-order valence-electron chi connectivity index (χ0n) is 18.1. The van der Waals surface area contributed by atoms with Gasteiger partial charge in [0.1, 0.15) is 0 Å². The molecule has 0 atom stereocenters. The number of benzene rings is 2. The minimum Gasteiger partial charge on any atom is -0.322 e. The van der Waals surface area contributed by atoms with E-state index in [9.17, 15) is 14.4 Å². The van der Waals surface area contributed by atoms with Gasteiger partial charge in [0, 0.05) is 36.8 Å². The van der Waals surface area contributed by atoms with Gasteiger partial charge >= 0.3 is 5.69 Å². The Hall–Kier alpha value is -3.85. The van der Waals surface area contributed by atoms with Crippen LogP contribution >= 0.6 is 11.8 Å². The molecule has 3 aromatic heterocycles. The molecule has 0 aliphatic heterocycles. The molecule has 9 heteroatoms. The van der Waals surface area contributed by atoms with Gasteiger partial charge < -0.3 is 9.55 Å². The van der Waals surface area contributed by atoms with Gasteiger partial charge in [0.25, 0.3) is 5.56 Å². The number of imidazole rings is 1. The molecule has 5 aromatic rings. The van der Waals surface area contributed by atoms with Crippen molar-refractivity contribution in [2.75, 3.05) is 0 Å². The fourth-order valence-corrected chi connectivity index (χ4v) is 4.97. The molecule has 0 bridgehead atoms. The molecule has 0 saturated heterocycles. The number of para-hydroxylation sites is 1. The zero-order chi connectivity index (χ0) is 23.1. The molecular formula is C24H21N5O3S. The van der Waals surface area contributed by atoms with Crippen LogP contribution in [0.25, 0.3) is 22.1 Å². The Morgan fingerprint density at radius 2 is 1.67 bits per heavy atom. The third-order valence-electron chi connectivity index (χ3n) is 5.69. The van der Waals surface area contributed by atoms with E-state index in [4.69, 9.17) is 0 Å².